The van der Waals surface area contributed by atoms with E-state index in [-0.39, 0.29) is 0 Å². The van der Waals surface area contributed by atoms with Crippen molar-refractivity contribution in [1.82, 2.24) is 19.8 Å². The molecule has 0 amide bonds. The smallest absolute Gasteiger partial charge is 0.0922 e. The van der Waals surface area contributed by atoms with Crippen LogP contribution in [0, 0.1) is 0 Å². The number of hydrogen-bond donors (Lipinski definition) is 1. The molecule has 1 N–H and O–H groups in total. The molecule has 0 aromatic carbocycles. The van der Waals surface area contributed by atoms with Gasteiger partial charge in [-0.3, -0.25) is 4.90 Å². The van der Waals surface area contributed by atoms with Crippen molar-refractivity contribution in [1.29, 1.82) is 0 Å². The van der Waals surface area contributed by atoms with Crippen LogP contribution < -0.4 is 0 Å². The molecule has 94 valence electrons. The highest BCUT2D eigenvalue weighted by molar-refractivity contribution is 5.06. The molecule has 4 nitrogen and oxygen atoms in total. The number of nitrogens with one attached hydrogen (secondary N) is 1. The fourth-order valence-electron chi connectivity index (χ4n) is 3.34. The Labute approximate surface area is 103 Å². The molecule has 2 aliphatic heterocycles. The van der Waals surface area contributed by atoms with Crippen molar-refractivity contribution >= 4 is 0 Å². The van der Waals surface area contributed by atoms with Crippen LogP contribution in [0.15, 0.2) is 12.5 Å². The van der Waals surface area contributed by atoms with Gasteiger partial charge in [-0.25, -0.2) is 4.98 Å². The molecule has 0 spiro atoms. The molecule has 0 saturated carbocycles. The summed E-state index contributed by atoms with van der Waals surface area (Å²) in [5.74, 6) is 0. The Morgan fingerprint density at radius 1 is 1.24 bits per heavy atom. The van der Waals surface area contributed by atoms with E-state index < -0.39 is 0 Å². The maximum absolute atomic E-state index is 4.17. The molecule has 2 fully saturated rings. The average molecular weight is 234 g/mol. The summed E-state index contributed by atoms with van der Waals surface area (Å²) in [5, 5.41) is 0. The number of aromatic amines is 1. The van der Waals surface area contributed by atoms with Crippen LogP contribution in [0.4, 0.5) is 0 Å². The lowest BCUT2D eigenvalue weighted by molar-refractivity contribution is 0.109. The first-order valence-electron chi connectivity index (χ1n) is 6.77. The molecule has 3 rings (SSSR count). The lowest BCUT2D eigenvalue weighted by Crippen LogP contribution is -2.43. The first kappa shape index (κ1) is 11.2. The molecule has 17 heavy (non-hydrogen) atoms. The van der Waals surface area contributed by atoms with Gasteiger partial charge in [0.05, 0.1) is 18.1 Å². The minimum absolute atomic E-state index is 0.589. The summed E-state index contributed by atoms with van der Waals surface area (Å²) in [6.45, 7) is 3.76. The van der Waals surface area contributed by atoms with Crippen LogP contribution in [-0.4, -0.2) is 52.5 Å². The van der Waals surface area contributed by atoms with E-state index in [1.54, 1.807) is 6.33 Å². The number of aromatic nitrogens is 2. The van der Waals surface area contributed by atoms with Gasteiger partial charge in [-0.1, -0.05) is 0 Å². The predicted octanol–water partition coefficient (Wildman–Crippen LogP) is 1.64. The summed E-state index contributed by atoms with van der Waals surface area (Å²) in [6.07, 6.45) is 9.06. The van der Waals surface area contributed by atoms with Crippen molar-refractivity contribution in [2.24, 2.45) is 0 Å². The summed E-state index contributed by atoms with van der Waals surface area (Å²) in [7, 11) is 2.23. The maximum Gasteiger partial charge on any atom is 0.0922 e. The van der Waals surface area contributed by atoms with Crippen LogP contribution >= 0.6 is 0 Å². The van der Waals surface area contributed by atoms with E-state index in [2.05, 4.69) is 26.8 Å². The van der Waals surface area contributed by atoms with Gasteiger partial charge >= 0.3 is 0 Å². The van der Waals surface area contributed by atoms with E-state index in [9.17, 15) is 0 Å². The third-order valence-electron chi connectivity index (χ3n) is 4.33. The number of rotatable bonds is 2. The van der Waals surface area contributed by atoms with Crippen LogP contribution in [0.2, 0.25) is 0 Å². The normalized spacial score (nSPS) is 28.9. The maximum atomic E-state index is 4.17. The summed E-state index contributed by atoms with van der Waals surface area (Å²) < 4.78 is 0. The number of H-pyrrole nitrogens is 1. The van der Waals surface area contributed by atoms with Crippen LogP contribution in [0.5, 0.6) is 0 Å². The molecule has 1 unspecified atom stereocenters. The fourth-order valence-corrected chi connectivity index (χ4v) is 3.34. The van der Waals surface area contributed by atoms with Gasteiger partial charge in [0.25, 0.3) is 0 Å². The highest BCUT2D eigenvalue weighted by Gasteiger charge is 2.33. The number of likely N-dealkylation sites (tertiary alicyclic amines) is 2. The van der Waals surface area contributed by atoms with Crippen molar-refractivity contribution in [3.05, 3.63) is 18.2 Å². The summed E-state index contributed by atoms with van der Waals surface area (Å²) >= 11 is 0. The fraction of sp³-hybridized carbons (Fsp3) is 0.769. The van der Waals surface area contributed by atoms with Gasteiger partial charge in [-0.2, -0.15) is 0 Å². The third-order valence-corrected chi connectivity index (χ3v) is 4.33. The second kappa shape index (κ2) is 4.78. The van der Waals surface area contributed by atoms with E-state index >= 15 is 0 Å². The second-order valence-electron chi connectivity index (χ2n) is 5.44. The Hall–Kier alpha value is -0.870. The second-order valence-corrected chi connectivity index (χ2v) is 5.44. The number of hydrogen-bond acceptors (Lipinski definition) is 3. The van der Waals surface area contributed by atoms with E-state index in [4.69, 9.17) is 0 Å². The molecule has 2 aliphatic rings. The van der Waals surface area contributed by atoms with Gasteiger partial charge < -0.3 is 9.88 Å². The summed E-state index contributed by atoms with van der Waals surface area (Å²) in [4.78, 5) is 12.6. The highest BCUT2D eigenvalue weighted by Crippen LogP contribution is 2.34. The number of piperidine rings is 1. The molecular formula is C13H22N4. The van der Waals surface area contributed by atoms with Gasteiger partial charge in [-0.05, 0) is 52.4 Å². The average Bonchev–Trinajstić information content (AvgIpc) is 3.00. The minimum Gasteiger partial charge on any atom is -0.347 e. The molecule has 2 saturated heterocycles. The van der Waals surface area contributed by atoms with Gasteiger partial charge in [-0.15, -0.1) is 0 Å². The molecule has 1 atom stereocenters. The standard InChI is InChI=1S/C13H22N4/c1-16-7-4-11(5-8-16)17-6-2-3-13(17)12-9-14-10-15-12/h9-11,13H,2-8H2,1H3,(H,14,15). The molecular weight excluding hydrogens is 212 g/mol. The minimum atomic E-state index is 0.589. The zero-order valence-corrected chi connectivity index (χ0v) is 10.6. The predicted molar refractivity (Wildman–Crippen MR) is 67.8 cm³/mol. The third kappa shape index (κ3) is 2.24. The van der Waals surface area contributed by atoms with Crippen molar-refractivity contribution in [2.45, 2.75) is 37.8 Å². The Morgan fingerprint density at radius 3 is 2.76 bits per heavy atom. The van der Waals surface area contributed by atoms with Gasteiger partial charge in [0.15, 0.2) is 0 Å². The van der Waals surface area contributed by atoms with Crippen LogP contribution in [0.3, 0.4) is 0 Å². The van der Waals surface area contributed by atoms with E-state index in [1.165, 1.54) is 51.0 Å². The Bertz CT molecular complexity index is 340. The van der Waals surface area contributed by atoms with Gasteiger partial charge in [0.1, 0.15) is 0 Å². The summed E-state index contributed by atoms with van der Waals surface area (Å²) in [6, 6.07) is 1.37. The zero-order chi connectivity index (χ0) is 11.7. The van der Waals surface area contributed by atoms with Crippen molar-refractivity contribution in [3.8, 4) is 0 Å². The molecule has 0 radical (unpaired) electrons. The Morgan fingerprint density at radius 2 is 2.06 bits per heavy atom. The van der Waals surface area contributed by atoms with Gasteiger partial charge in [0.2, 0.25) is 0 Å². The first-order chi connectivity index (χ1) is 8.34. The monoisotopic (exact) mass is 234 g/mol. The SMILES string of the molecule is CN1CCC(N2CCCC2c2cnc[nH]2)CC1. The number of nitrogens with zero attached hydrogens (tertiary/aromatic N) is 3. The van der Waals surface area contributed by atoms with E-state index in [0.29, 0.717) is 6.04 Å². The lowest BCUT2D eigenvalue weighted by Gasteiger charge is -2.38. The lowest BCUT2D eigenvalue weighted by atomic mass is 10.0. The van der Waals surface area contributed by atoms with Crippen molar-refractivity contribution in [3.63, 3.8) is 0 Å². The van der Waals surface area contributed by atoms with Crippen LogP contribution in [0.25, 0.3) is 0 Å². The highest BCUT2D eigenvalue weighted by atomic mass is 15.2. The number of imidazole rings is 1. The molecule has 4 heteroatoms. The quantitative estimate of drug-likeness (QED) is 0.845. The van der Waals surface area contributed by atoms with Crippen molar-refractivity contribution in [2.75, 3.05) is 26.7 Å². The molecule has 3 heterocycles. The van der Waals surface area contributed by atoms with Gasteiger partial charge in [0, 0.05) is 12.2 Å². The van der Waals surface area contributed by atoms with Crippen LogP contribution in [-0.2, 0) is 0 Å². The largest absolute Gasteiger partial charge is 0.347 e. The van der Waals surface area contributed by atoms with Crippen molar-refractivity contribution < 1.29 is 0 Å². The van der Waals surface area contributed by atoms with E-state index in [0.717, 1.165) is 6.04 Å². The summed E-state index contributed by atoms with van der Waals surface area (Å²) in [5.41, 5.74) is 1.31. The molecule has 0 bridgehead atoms. The van der Waals surface area contributed by atoms with Crippen LogP contribution in [0.1, 0.15) is 37.4 Å². The first-order valence-corrected chi connectivity index (χ1v) is 6.77. The zero-order valence-electron chi connectivity index (χ0n) is 10.6. The molecule has 1 aromatic heterocycles. The topological polar surface area (TPSA) is 35.2 Å². The van der Waals surface area contributed by atoms with E-state index in [1.807, 2.05) is 6.20 Å². The molecule has 0 aliphatic carbocycles. The Kier molecular flexibility index (Phi) is 3.16. The Balaban J connectivity index is 1.69. The molecule has 1 aromatic rings.